The molecular formula is C22H30N3O7P. The molecule has 1 aromatic carbocycles. The van der Waals surface area contributed by atoms with Crippen molar-refractivity contribution in [2.45, 2.75) is 58.3 Å². The number of aliphatic hydroxyl groups excluding tert-OH is 1. The zero-order valence-electron chi connectivity index (χ0n) is 19.3. The summed E-state index contributed by atoms with van der Waals surface area (Å²) in [5.41, 5.74) is 6.28. The van der Waals surface area contributed by atoms with E-state index in [1.54, 1.807) is 11.5 Å². The van der Waals surface area contributed by atoms with Crippen LogP contribution in [0, 0.1) is 33.1 Å². The van der Waals surface area contributed by atoms with Crippen LogP contribution in [-0.4, -0.2) is 52.7 Å². The van der Waals surface area contributed by atoms with Crippen molar-refractivity contribution in [2.24, 2.45) is 0 Å². The molecular weight excluding hydrogens is 449 g/mol. The van der Waals surface area contributed by atoms with Crippen LogP contribution in [0.5, 0.6) is 0 Å². The summed E-state index contributed by atoms with van der Waals surface area (Å²) in [5, 5.41) is 11.1. The number of aliphatic hydroxyl groups is 1. The van der Waals surface area contributed by atoms with Gasteiger partial charge in [-0.05, 0) is 51.0 Å². The lowest BCUT2D eigenvalue weighted by Crippen LogP contribution is -2.38. The van der Waals surface area contributed by atoms with Crippen molar-refractivity contribution in [3.63, 3.8) is 0 Å². The molecule has 0 aliphatic carbocycles. The maximum Gasteiger partial charge on any atom is 0.379 e. The quantitative estimate of drug-likeness (QED) is 0.173. The van der Waals surface area contributed by atoms with Crippen molar-refractivity contribution >= 4 is 19.2 Å². The van der Waals surface area contributed by atoms with Crippen LogP contribution in [0.2, 0.25) is 0 Å². The number of rotatable bonds is 10. The molecule has 0 saturated carbocycles. The van der Waals surface area contributed by atoms with Gasteiger partial charge in [0, 0.05) is 0 Å². The third-order valence-electron chi connectivity index (χ3n) is 5.43. The Labute approximate surface area is 194 Å². The standard InChI is InChI=1S/C22H30N3O7P/c1-8-19-21(32-33(27,28-7)31-15(5)12-23-29-9-2)20(26)22(30-19)25-16(6)24-17-10-13(3)14(4)11-18(17)25/h1,9-11,15,19-23,26H,2,12H2,3-7H3/t15-,19+,20+,21+,22-,33?/m0/s1. The van der Waals surface area contributed by atoms with E-state index >= 15 is 0 Å². The summed E-state index contributed by atoms with van der Waals surface area (Å²) >= 11 is 0. The highest BCUT2D eigenvalue weighted by molar-refractivity contribution is 7.54. The molecule has 10 nitrogen and oxygen atoms in total. The third-order valence-corrected chi connectivity index (χ3v) is 7.00. The molecule has 2 N–H and O–H groups in total. The second kappa shape index (κ2) is 10.5. The van der Waals surface area contributed by atoms with E-state index in [0.29, 0.717) is 5.82 Å². The molecule has 0 radical (unpaired) electrons. The lowest BCUT2D eigenvalue weighted by atomic mass is 10.1. The predicted octanol–water partition coefficient (Wildman–Crippen LogP) is 1.99. The molecule has 6 atom stereocenters. The van der Waals surface area contributed by atoms with Crippen molar-refractivity contribution in [2.75, 3.05) is 13.7 Å². The molecule has 1 fully saturated rings. The predicted molar refractivity (Wildman–Crippen MR) is 121 cm³/mol. The maximum atomic E-state index is 13.1. The highest BCUT2D eigenvalue weighted by Gasteiger charge is 2.52. The molecule has 0 amide bonds. The second-order valence-electron chi connectivity index (χ2n) is 7.81. The van der Waals surface area contributed by atoms with Crippen molar-refractivity contribution in [3.05, 3.63) is 41.9 Å². The van der Waals surface area contributed by atoms with Crippen LogP contribution in [0.25, 0.3) is 11.0 Å². The van der Waals surface area contributed by atoms with E-state index in [0.717, 1.165) is 22.2 Å². The van der Waals surface area contributed by atoms with Crippen molar-refractivity contribution < 1.29 is 33.1 Å². The van der Waals surface area contributed by atoms with Crippen LogP contribution in [0.3, 0.4) is 0 Å². The Morgan fingerprint density at radius 1 is 1.42 bits per heavy atom. The number of terminal acetylenes is 1. The van der Waals surface area contributed by atoms with Crippen LogP contribution in [0.15, 0.2) is 25.0 Å². The first-order valence-corrected chi connectivity index (χ1v) is 11.9. The van der Waals surface area contributed by atoms with Gasteiger partial charge >= 0.3 is 8.17 Å². The second-order valence-corrected chi connectivity index (χ2v) is 9.49. The summed E-state index contributed by atoms with van der Waals surface area (Å²) in [4.78, 5) is 22.5. The van der Waals surface area contributed by atoms with Crippen molar-refractivity contribution in [1.82, 2.24) is 15.0 Å². The van der Waals surface area contributed by atoms with Crippen LogP contribution < -0.4 is 10.4 Å². The van der Waals surface area contributed by atoms with E-state index in [4.69, 9.17) is 29.6 Å². The number of hydrogen-bond acceptors (Lipinski definition) is 9. The van der Waals surface area contributed by atoms with Crippen LogP contribution >= 0.6 is 8.17 Å². The van der Waals surface area contributed by atoms with Gasteiger partial charge in [0.2, 0.25) is 0 Å². The number of ether oxygens (including phenoxy) is 1. The van der Waals surface area contributed by atoms with E-state index in [1.165, 1.54) is 13.4 Å². The first kappa shape index (κ1) is 25.6. The number of fused-ring (bicyclic) bond motifs is 1. The number of hydrogen-bond donors (Lipinski definition) is 2. The minimum absolute atomic E-state index is 0.173. The Morgan fingerprint density at radius 2 is 2.12 bits per heavy atom. The monoisotopic (exact) mass is 479 g/mol. The normalized spacial score (nSPS) is 25.5. The molecule has 1 unspecified atom stereocenters. The third kappa shape index (κ3) is 5.38. The topological polar surface area (TPSA) is 119 Å². The first-order chi connectivity index (χ1) is 15.6. The Morgan fingerprint density at radius 3 is 2.76 bits per heavy atom. The number of hydroxylamine groups is 1. The van der Waals surface area contributed by atoms with Gasteiger partial charge in [0.15, 0.2) is 18.4 Å². The van der Waals surface area contributed by atoms with E-state index in [2.05, 4.69) is 23.0 Å². The van der Waals surface area contributed by atoms with Gasteiger partial charge in [-0.25, -0.2) is 4.98 Å². The highest BCUT2D eigenvalue weighted by atomic mass is 31.2. The first-order valence-electron chi connectivity index (χ1n) is 10.4. The van der Waals surface area contributed by atoms with E-state index in [1.807, 2.05) is 32.9 Å². The van der Waals surface area contributed by atoms with Gasteiger partial charge in [-0.3, -0.25) is 4.57 Å². The minimum atomic E-state index is -4.10. The van der Waals surface area contributed by atoms with Gasteiger partial charge in [0.1, 0.15) is 24.3 Å². The number of phosphoric acid groups is 1. The molecule has 1 aliphatic rings. The number of nitrogens with one attached hydrogen (secondary N) is 1. The smallest absolute Gasteiger partial charge is 0.379 e. The summed E-state index contributed by atoms with van der Waals surface area (Å²) in [5.74, 6) is 3.08. The molecule has 0 spiro atoms. The zero-order chi connectivity index (χ0) is 24.3. The molecule has 33 heavy (non-hydrogen) atoms. The molecule has 0 bridgehead atoms. The lowest BCUT2D eigenvalue weighted by molar-refractivity contribution is -0.257. The van der Waals surface area contributed by atoms with Crippen LogP contribution in [-0.2, 0) is 23.1 Å². The molecule has 1 aliphatic heterocycles. The van der Waals surface area contributed by atoms with Gasteiger partial charge in [-0.2, -0.15) is 19.1 Å². The number of benzene rings is 1. The molecule has 2 aromatic rings. The summed E-state index contributed by atoms with van der Waals surface area (Å²) in [6.07, 6.45) is 1.87. The lowest BCUT2D eigenvalue weighted by Gasteiger charge is -2.30. The van der Waals surface area contributed by atoms with Gasteiger partial charge in [-0.15, -0.1) is 6.42 Å². The largest absolute Gasteiger partial charge is 0.606 e. The molecule has 2 heterocycles. The van der Waals surface area contributed by atoms with Crippen LogP contribution in [0.1, 0.15) is 30.1 Å². The molecule has 11 heteroatoms. The fraction of sp³-hybridized carbons (Fsp3) is 0.500. The number of aryl methyl sites for hydroxylation is 3. The van der Waals surface area contributed by atoms with E-state index < -0.39 is 38.8 Å². The fourth-order valence-electron chi connectivity index (χ4n) is 3.65. The van der Waals surface area contributed by atoms with Gasteiger partial charge in [0.05, 0.1) is 24.7 Å². The Balaban J connectivity index is 1.85. The summed E-state index contributed by atoms with van der Waals surface area (Å²) in [6, 6.07) is 3.95. The molecule has 3 rings (SSSR count). The zero-order valence-corrected chi connectivity index (χ0v) is 20.2. The molecule has 180 valence electrons. The van der Waals surface area contributed by atoms with Crippen molar-refractivity contribution in [3.8, 4) is 12.3 Å². The SMILES string of the molecule is C#C[C@H]1O[C@H](n2c(C)nc3cc(C)c(C)cc32)[C@H](O)[C@@H]1O[P+]([O-])(OC)O[C@@H](C)CNOC=C. The van der Waals surface area contributed by atoms with Crippen LogP contribution in [0.4, 0.5) is 0 Å². The Bertz CT molecular complexity index is 1040. The average molecular weight is 479 g/mol. The maximum absolute atomic E-state index is 13.1. The number of aromatic nitrogens is 2. The van der Waals surface area contributed by atoms with Crippen molar-refractivity contribution in [1.29, 1.82) is 0 Å². The van der Waals surface area contributed by atoms with E-state index in [9.17, 15) is 10.00 Å². The number of phosphoric ester groups is 1. The summed E-state index contributed by atoms with van der Waals surface area (Å²) in [7, 11) is -2.92. The number of nitrogens with zero attached hydrogens (tertiary/aromatic N) is 2. The molecule has 1 saturated heterocycles. The fourth-order valence-corrected chi connectivity index (χ4v) is 4.92. The Kier molecular flexibility index (Phi) is 8.11. The summed E-state index contributed by atoms with van der Waals surface area (Å²) in [6.45, 7) is 11.0. The molecule has 1 aromatic heterocycles. The number of imidazole rings is 1. The Hall–Kier alpha value is -2.06. The van der Waals surface area contributed by atoms with Gasteiger partial charge in [-0.1, -0.05) is 12.5 Å². The van der Waals surface area contributed by atoms with Gasteiger partial charge < -0.3 is 19.6 Å². The summed E-state index contributed by atoms with van der Waals surface area (Å²) < 4.78 is 23.8. The van der Waals surface area contributed by atoms with E-state index in [-0.39, 0.29) is 6.54 Å². The highest BCUT2D eigenvalue weighted by Crippen LogP contribution is 2.57. The minimum Gasteiger partial charge on any atom is -0.606 e. The van der Waals surface area contributed by atoms with Gasteiger partial charge in [0.25, 0.3) is 0 Å². The average Bonchev–Trinajstić information content (AvgIpc) is 3.23.